The number of hydrogen-bond acceptors (Lipinski definition) is 4. The number of pyridine rings is 1. The van der Waals surface area contributed by atoms with Gasteiger partial charge in [0.1, 0.15) is 0 Å². The zero-order valence-corrected chi connectivity index (χ0v) is 16.5. The molecule has 0 bridgehead atoms. The molecule has 28 heavy (non-hydrogen) atoms. The van der Waals surface area contributed by atoms with Gasteiger partial charge in [0.2, 0.25) is 0 Å². The summed E-state index contributed by atoms with van der Waals surface area (Å²) in [7, 11) is 0. The molecule has 0 unspecified atom stereocenters. The van der Waals surface area contributed by atoms with Crippen LogP contribution in [-0.4, -0.2) is 30.5 Å². The van der Waals surface area contributed by atoms with E-state index in [4.69, 9.17) is 11.6 Å². The average Bonchev–Trinajstić information content (AvgIpc) is 3.28. The van der Waals surface area contributed by atoms with E-state index in [9.17, 15) is 4.79 Å². The van der Waals surface area contributed by atoms with Gasteiger partial charge in [-0.15, -0.1) is 0 Å². The van der Waals surface area contributed by atoms with Crippen molar-refractivity contribution in [3.63, 3.8) is 0 Å². The van der Waals surface area contributed by atoms with E-state index in [1.807, 2.05) is 43.7 Å². The zero-order chi connectivity index (χ0) is 19.8. The lowest BCUT2D eigenvalue weighted by Gasteiger charge is -2.09. The van der Waals surface area contributed by atoms with Gasteiger partial charge >= 0.3 is 0 Å². The van der Waals surface area contributed by atoms with Gasteiger partial charge in [0.05, 0.1) is 45.9 Å². The highest BCUT2D eigenvalue weighted by molar-refractivity contribution is 6.32. The number of aryl methyl sites for hydroxylation is 1. The SMILES string of the molecule is Cc1cc(C(=O)Nc2cnn(-c3ccccc3Cl)c2)c2cnn(C(C)C)c2n1. The number of nitrogens with zero attached hydrogens (tertiary/aromatic N) is 5. The maximum Gasteiger partial charge on any atom is 0.256 e. The fourth-order valence-electron chi connectivity index (χ4n) is 3.06. The van der Waals surface area contributed by atoms with Gasteiger partial charge in [-0.1, -0.05) is 23.7 Å². The van der Waals surface area contributed by atoms with E-state index in [-0.39, 0.29) is 11.9 Å². The smallest absolute Gasteiger partial charge is 0.256 e. The van der Waals surface area contributed by atoms with E-state index >= 15 is 0 Å². The average molecular weight is 395 g/mol. The van der Waals surface area contributed by atoms with Crippen molar-refractivity contribution in [1.82, 2.24) is 24.5 Å². The van der Waals surface area contributed by atoms with Gasteiger partial charge < -0.3 is 5.32 Å². The van der Waals surface area contributed by atoms with E-state index in [2.05, 4.69) is 20.5 Å². The number of fused-ring (bicyclic) bond motifs is 1. The predicted octanol–water partition coefficient (Wildman–Crippen LogP) is 4.41. The van der Waals surface area contributed by atoms with Gasteiger partial charge in [0, 0.05) is 11.7 Å². The van der Waals surface area contributed by atoms with Gasteiger partial charge in [0.15, 0.2) is 5.65 Å². The second-order valence-electron chi connectivity index (χ2n) is 6.81. The molecule has 0 radical (unpaired) electrons. The third kappa shape index (κ3) is 3.25. The first kappa shape index (κ1) is 18.2. The van der Waals surface area contributed by atoms with Crippen molar-refractivity contribution in [2.45, 2.75) is 26.8 Å². The summed E-state index contributed by atoms with van der Waals surface area (Å²) >= 11 is 6.22. The number of aromatic nitrogens is 5. The molecule has 8 heteroatoms. The van der Waals surface area contributed by atoms with E-state index in [0.717, 1.165) is 16.8 Å². The lowest BCUT2D eigenvalue weighted by molar-refractivity contribution is 0.102. The number of halogens is 1. The van der Waals surface area contributed by atoms with Crippen LogP contribution in [0, 0.1) is 6.92 Å². The molecule has 0 atom stereocenters. The number of hydrogen-bond donors (Lipinski definition) is 1. The molecule has 0 saturated carbocycles. The molecule has 3 aromatic heterocycles. The summed E-state index contributed by atoms with van der Waals surface area (Å²) in [5.74, 6) is -0.238. The van der Waals surface area contributed by atoms with Crippen molar-refractivity contribution in [2.75, 3.05) is 5.32 Å². The normalized spacial score (nSPS) is 11.3. The summed E-state index contributed by atoms with van der Waals surface area (Å²) in [6.45, 7) is 5.92. The first-order valence-electron chi connectivity index (χ1n) is 8.90. The molecule has 4 aromatic rings. The van der Waals surface area contributed by atoms with Crippen molar-refractivity contribution in [3.05, 3.63) is 65.2 Å². The highest BCUT2D eigenvalue weighted by Gasteiger charge is 2.17. The Balaban J connectivity index is 1.66. The molecule has 7 nitrogen and oxygen atoms in total. The van der Waals surface area contributed by atoms with Crippen LogP contribution in [0.2, 0.25) is 5.02 Å². The molecule has 1 N–H and O–H groups in total. The van der Waals surface area contributed by atoms with Crippen molar-refractivity contribution < 1.29 is 4.79 Å². The van der Waals surface area contributed by atoms with Crippen LogP contribution in [0.3, 0.4) is 0 Å². The Hall–Kier alpha value is -3.19. The minimum atomic E-state index is -0.238. The molecule has 0 saturated heterocycles. The Morgan fingerprint density at radius 2 is 1.96 bits per heavy atom. The van der Waals surface area contributed by atoms with Crippen LogP contribution in [-0.2, 0) is 0 Å². The van der Waals surface area contributed by atoms with Crippen LogP contribution < -0.4 is 5.32 Å². The second kappa shape index (κ2) is 7.09. The summed E-state index contributed by atoms with van der Waals surface area (Å²) < 4.78 is 3.44. The third-order valence-electron chi connectivity index (χ3n) is 4.37. The van der Waals surface area contributed by atoms with Gasteiger partial charge in [-0.05, 0) is 39.0 Å². The Labute approximate surface area is 167 Å². The third-order valence-corrected chi connectivity index (χ3v) is 4.69. The highest BCUT2D eigenvalue weighted by atomic mass is 35.5. The molecule has 0 fully saturated rings. The number of rotatable bonds is 4. The number of para-hydroxylation sites is 1. The second-order valence-corrected chi connectivity index (χ2v) is 7.22. The Bertz CT molecular complexity index is 1180. The highest BCUT2D eigenvalue weighted by Crippen LogP contribution is 2.23. The maximum absolute atomic E-state index is 12.9. The summed E-state index contributed by atoms with van der Waals surface area (Å²) in [5, 5.41) is 12.9. The van der Waals surface area contributed by atoms with Crippen LogP contribution in [0.15, 0.2) is 48.9 Å². The summed E-state index contributed by atoms with van der Waals surface area (Å²) in [4.78, 5) is 17.5. The predicted molar refractivity (Wildman–Crippen MR) is 109 cm³/mol. The lowest BCUT2D eigenvalue weighted by Crippen LogP contribution is -2.13. The monoisotopic (exact) mass is 394 g/mol. The van der Waals surface area contributed by atoms with E-state index in [1.165, 1.54) is 0 Å². The molecule has 142 valence electrons. The fraction of sp³-hybridized carbons (Fsp3) is 0.200. The topological polar surface area (TPSA) is 77.6 Å². The minimum absolute atomic E-state index is 0.150. The summed E-state index contributed by atoms with van der Waals surface area (Å²) in [6.07, 6.45) is 5.00. The van der Waals surface area contributed by atoms with E-state index < -0.39 is 0 Å². The Kier molecular flexibility index (Phi) is 4.60. The number of anilines is 1. The molecule has 0 aliphatic heterocycles. The van der Waals surface area contributed by atoms with Gasteiger partial charge in [-0.25, -0.2) is 14.3 Å². The molecule has 1 aromatic carbocycles. The van der Waals surface area contributed by atoms with Crippen molar-refractivity contribution in [1.29, 1.82) is 0 Å². The number of amides is 1. The first-order valence-corrected chi connectivity index (χ1v) is 9.27. The quantitative estimate of drug-likeness (QED) is 0.556. The van der Waals surface area contributed by atoms with Crippen molar-refractivity contribution >= 4 is 34.2 Å². The number of nitrogens with one attached hydrogen (secondary N) is 1. The molecular formula is C20H19ClN6O. The largest absolute Gasteiger partial charge is 0.319 e. The molecule has 3 heterocycles. The van der Waals surface area contributed by atoms with Gasteiger partial charge in [-0.2, -0.15) is 10.2 Å². The van der Waals surface area contributed by atoms with Gasteiger partial charge in [-0.3, -0.25) is 4.79 Å². The van der Waals surface area contributed by atoms with Crippen LogP contribution in [0.1, 0.15) is 35.9 Å². The molecule has 0 spiro atoms. The number of carbonyl (C=O) groups excluding carboxylic acids is 1. The zero-order valence-electron chi connectivity index (χ0n) is 15.7. The Morgan fingerprint density at radius 3 is 2.71 bits per heavy atom. The van der Waals surface area contributed by atoms with Crippen LogP contribution in [0.5, 0.6) is 0 Å². The lowest BCUT2D eigenvalue weighted by atomic mass is 10.1. The molecule has 0 aliphatic carbocycles. The first-order chi connectivity index (χ1) is 13.4. The van der Waals surface area contributed by atoms with Crippen molar-refractivity contribution in [3.8, 4) is 5.69 Å². The number of benzene rings is 1. The van der Waals surface area contributed by atoms with E-state index in [1.54, 1.807) is 35.4 Å². The van der Waals surface area contributed by atoms with Crippen LogP contribution >= 0.6 is 11.6 Å². The number of carbonyl (C=O) groups is 1. The summed E-state index contributed by atoms with van der Waals surface area (Å²) in [6, 6.07) is 9.30. The molecular weight excluding hydrogens is 376 g/mol. The van der Waals surface area contributed by atoms with Crippen LogP contribution in [0.4, 0.5) is 5.69 Å². The van der Waals surface area contributed by atoms with E-state index in [0.29, 0.717) is 21.9 Å². The Morgan fingerprint density at radius 1 is 1.18 bits per heavy atom. The van der Waals surface area contributed by atoms with Crippen LogP contribution in [0.25, 0.3) is 16.7 Å². The van der Waals surface area contributed by atoms with Gasteiger partial charge in [0.25, 0.3) is 5.91 Å². The molecule has 4 rings (SSSR count). The standard InChI is InChI=1S/C20H19ClN6O/c1-12(2)27-19-16(10-23-27)15(8-13(3)24-19)20(28)25-14-9-22-26(11-14)18-7-5-4-6-17(18)21/h4-12H,1-3H3,(H,25,28). The van der Waals surface area contributed by atoms with Crippen molar-refractivity contribution in [2.24, 2.45) is 0 Å². The fourth-order valence-corrected chi connectivity index (χ4v) is 3.29. The maximum atomic E-state index is 12.9. The molecule has 0 aliphatic rings. The minimum Gasteiger partial charge on any atom is -0.319 e. The summed E-state index contributed by atoms with van der Waals surface area (Å²) in [5.41, 5.74) is 3.30. The molecule has 1 amide bonds.